The van der Waals surface area contributed by atoms with Crippen LogP contribution in [0.2, 0.25) is 0 Å². The number of carbonyl (C=O) groups excluding carboxylic acids is 2. The molecule has 0 aromatic carbocycles. The summed E-state index contributed by atoms with van der Waals surface area (Å²) in [7, 11) is 0. The number of hydrogen-bond donors (Lipinski definition) is 0. The first-order valence-corrected chi connectivity index (χ1v) is 5.84. The molecule has 2 unspecified atom stereocenters. The van der Waals surface area contributed by atoms with Crippen molar-refractivity contribution in [3.63, 3.8) is 0 Å². The van der Waals surface area contributed by atoms with Crippen LogP contribution >= 0.6 is 0 Å². The second-order valence-corrected chi connectivity index (χ2v) is 4.87. The van der Waals surface area contributed by atoms with Crippen LogP contribution in [0.15, 0.2) is 12.7 Å². The molecule has 0 aromatic rings. The first kappa shape index (κ1) is 15.5. The van der Waals surface area contributed by atoms with Gasteiger partial charge < -0.3 is 14.2 Å². The molecular formula is C12H18O7. The molecule has 1 heterocycles. The molecule has 1 saturated heterocycles. The Hall–Kier alpha value is -1.60. The van der Waals surface area contributed by atoms with E-state index in [0.29, 0.717) is 6.42 Å². The lowest BCUT2D eigenvalue weighted by molar-refractivity contribution is -0.619. The third-order valence-electron chi connectivity index (χ3n) is 2.07. The van der Waals surface area contributed by atoms with Crippen molar-refractivity contribution in [2.75, 3.05) is 0 Å². The fraction of sp³-hybridized carbons (Fsp3) is 0.667. The topological polar surface area (TPSA) is 80.3 Å². The third kappa shape index (κ3) is 3.93. The zero-order chi connectivity index (χ0) is 14.7. The minimum atomic E-state index is -1.91. The van der Waals surface area contributed by atoms with Gasteiger partial charge in [-0.2, -0.15) is 0 Å². The van der Waals surface area contributed by atoms with Crippen LogP contribution in [0.25, 0.3) is 0 Å². The molecule has 19 heavy (non-hydrogen) atoms. The van der Waals surface area contributed by atoms with Gasteiger partial charge in [-0.15, -0.1) is 4.89 Å². The van der Waals surface area contributed by atoms with Crippen molar-refractivity contribution in [3.8, 4) is 0 Å². The molecule has 1 aliphatic heterocycles. The van der Waals surface area contributed by atoms with Gasteiger partial charge in [0.2, 0.25) is 6.10 Å². The van der Waals surface area contributed by atoms with Crippen molar-refractivity contribution in [1.29, 1.82) is 0 Å². The first-order valence-electron chi connectivity index (χ1n) is 5.84. The van der Waals surface area contributed by atoms with Crippen molar-refractivity contribution in [2.45, 2.75) is 51.8 Å². The second-order valence-electron chi connectivity index (χ2n) is 4.87. The first-order chi connectivity index (χ1) is 8.72. The van der Waals surface area contributed by atoms with E-state index in [1.54, 1.807) is 27.7 Å². The molecule has 0 saturated carbocycles. The van der Waals surface area contributed by atoms with Crippen molar-refractivity contribution in [1.82, 2.24) is 0 Å². The predicted molar refractivity (Wildman–Crippen MR) is 62.6 cm³/mol. The Kier molecular flexibility index (Phi) is 4.54. The maximum Gasteiger partial charge on any atom is 0.514 e. The normalized spacial score (nSPS) is 26.0. The third-order valence-corrected chi connectivity index (χ3v) is 2.07. The molecule has 7 nitrogen and oxygen atoms in total. The molecule has 0 bridgehead atoms. The fourth-order valence-corrected chi connectivity index (χ4v) is 1.27. The summed E-state index contributed by atoms with van der Waals surface area (Å²) in [6, 6.07) is 0. The molecule has 1 aliphatic rings. The molecule has 0 N–H and O–H groups in total. The Bertz CT molecular complexity index is 369. The van der Waals surface area contributed by atoms with Crippen molar-refractivity contribution in [3.05, 3.63) is 12.7 Å². The van der Waals surface area contributed by atoms with Gasteiger partial charge in [-0.3, -0.25) is 0 Å². The Morgan fingerprint density at radius 3 is 2.37 bits per heavy atom. The molecule has 7 heteroatoms. The van der Waals surface area contributed by atoms with Crippen molar-refractivity contribution >= 4 is 12.1 Å². The molecule has 0 aromatic heterocycles. The Morgan fingerprint density at radius 2 is 2.00 bits per heavy atom. The molecule has 1 fully saturated rings. The van der Waals surface area contributed by atoms with E-state index < -0.39 is 29.8 Å². The molecule has 0 aliphatic carbocycles. The lowest BCUT2D eigenvalue weighted by Gasteiger charge is -2.42. The molecule has 0 radical (unpaired) electrons. The molecule has 0 amide bonds. The van der Waals surface area contributed by atoms with E-state index in [1.807, 2.05) is 0 Å². The Labute approximate surface area is 111 Å². The van der Waals surface area contributed by atoms with E-state index in [1.165, 1.54) is 0 Å². The lowest BCUT2D eigenvalue weighted by atomic mass is 10.2. The number of hydrogen-bond acceptors (Lipinski definition) is 7. The van der Waals surface area contributed by atoms with Crippen LogP contribution in [-0.4, -0.2) is 29.8 Å². The molecule has 0 spiro atoms. The van der Waals surface area contributed by atoms with Crippen LogP contribution in [0.5, 0.6) is 0 Å². The summed E-state index contributed by atoms with van der Waals surface area (Å²) >= 11 is 0. The molecule has 108 valence electrons. The molecular weight excluding hydrogens is 256 g/mol. The highest BCUT2D eigenvalue weighted by Crippen LogP contribution is 2.36. The van der Waals surface area contributed by atoms with Crippen molar-refractivity contribution < 1.29 is 33.6 Å². The highest BCUT2D eigenvalue weighted by molar-refractivity contribution is 5.81. The van der Waals surface area contributed by atoms with E-state index in [9.17, 15) is 9.59 Å². The van der Waals surface area contributed by atoms with Gasteiger partial charge in [0.05, 0.1) is 0 Å². The lowest BCUT2D eigenvalue weighted by Crippen LogP contribution is -2.61. The average Bonchev–Trinajstić information content (AvgIpc) is 2.24. The van der Waals surface area contributed by atoms with Gasteiger partial charge >= 0.3 is 18.1 Å². The molecule has 2 atom stereocenters. The van der Waals surface area contributed by atoms with Crippen LogP contribution in [0.3, 0.4) is 0 Å². The maximum absolute atomic E-state index is 11.6. The van der Waals surface area contributed by atoms with Gasteiger partial charge in [0, 0.05) is 6.08 Å². The van der Waals surface area contributed by atoms with Crippen LogP contribution in [0.4, 0.5) is 4.79 Å². The highest BCUT2D eigenvalue weighted by atomic mass is 17.3. The van der Waals surface area contributed by atoms with E-state index in [4.69, 9.17) is 19.1 Å². The highest BCUT2D eigenvalue weighted by Gasteiger charge is 2.59. The monoisotopic (exact) mass is 274 g/mol. The second kappa shape index (κ2) is 5.58. The van der Waals surface area contributed by atoms with Gasteiger partial charge in [-0.1, -0.05) is 13.5 Å². The number of esters is 1. The Morgan fingerprint density at radius 1 is 1.37 bits per heavy atom. The summed E-state index contributed by atoms with van der Waals surface area (Å²) in [5.74, 6) is -2.71. The average molecular weight is 274 g/mol. The summed E-state index contributed by atoms with van der Waals surface area (Å²) in [5, 5.41) is 0. The van der Waals surface area contributed by atoms with Crippen LogP contribution in [-0.2, 0) is 28.8 Å². The van der Waals surface area contributed by atoms with Gasteiger partial charge in [0.1, 0.15) is 5.60 Å². The van der Waals surface area contributed by atoms with Gasteiger partial charge in [-0.25, -0.2) is 14.5 Å². The van der Waals surface area contributed by atoms with Gasteiger partial charge in [0.15, 0.2) is 0 Å². The predicted octanol–water partition coefficient (Wildman–Crippen LogP) is 2.06. The minimum Gasteiger partial charge on any atom is -0.428 e. The summed E-state index contributed by atoms with van der Waals surface area (Å²) in [5.41, 5.74) is -0.743. The SMILES string of the molecule is C=CC(=O)OC1(OC(=O)OC(C)(C)C)OOC1CC. The number of carbonyl (C=O) groups is 2. The summed E-state index contributed by atoms with van der Waals surface area (Å²) in [4.78, 5) is 32.2. The summed E-state index contributed by atoms with van der Waals surface area (Å²) < 4.78 is 14.8. The zero-order valence-corrected chi connectivity index (χ0v) is 11.4. The van der Waals surface area contributed by atoms with E-state index in [-0.39, 0.29) is 0 Å². The van der Waals surface area contributed by atoms with Gasteiger partial charge in [-0.05, 0) is 27.2 Å². The largest absolute Gasteiger partial charge is 0.514 e. The van der Waals surface area contributed by atoms with Crippen molar-refractivity contribution in [2.24, 2.45) is 0 Å². The quantitative estimate of drug-likeness (QED) is 0.336. The number of rotatable bonds is 4. The standard InChI is InChI=1S/C12H18O7/c1-6-8-12(19-18-8,15-9(13)7-2)17-10(14)16-11(3,4)5/h7-8H,2,6H2,1,3-5H3. The zero-order valence-electron chi connectivity index (χ0n) is 11.4. The Balaban J connectivity index is 2.73. The number of ether oxygens (including phenoxy) is 3. The summed E-state index contributed by atoms with van der Waals surface area (Å²) in [6.45, 7) is 10.0. The fourth-order valence-electron chi connectivity index (χ4n) is 1.27. The van der Waals surface area contributed by atoms with Crippen LogP contribution < -0.4 is 0 Å². The van der Waals surface area contributed by atoms with Gasteiger partial charge in [0.25, 0.3) is 0 Å². The van der Waals surface area contributed by atoms with Crippen LogP contribution in [0.1, 0.15) is 34.1 Å². The van der Waals surface area contributed by atoms with E-state index in [0.717, 1.165) is 6.08 Å². The smallest absolute Gasteiger partial charge is 0.428 e. The minimum absolute atomic E-state index is 0.410. The summed E-state index contributed by atoms with van der Waals surface area (Å²) in [6.07, 6.45) is -0.406. The van der Waals surface area contributed by atoms with Crippen LogP contribution in [0, 0.1) is 0 Å². The molecule has 1 rings (SSSR count). The van der Waals surface area contributed by atoms with E-state index in [2.05, 4.69) is 11.5 Å². The maximum atomic E-state index is 11.6. The van der Waals surface area contributed by atoms with E-state index >= 15 is 0 Å².